The lowest BCUT2D eigenvalue weighted by molar-refractivity contribution is 0.280. The van der Waals surface area contributed by atoms with Crippen LogP contribution in [-0.4, -0.2) is 15.3 Å². The molecule has 15 heavy (non-hydrogen) atoms. The Bertz CT molecular complexity index is 487. The van der Waals surface area contributed by atoms with Crippen LogP contribution in [0.15, 0.2) is 18.2 Å². The number of nitrogens with zero attached hydrogens (tertiary/aromatic N) is 2. The molecule has 2 aromatic rings. The number of aliphatic hydroxyl groups is 1. The van der Waals surface area contributed by atoms with E-state index in [2.05, 4.69) is 10.2 Å². The maximum Gasteiger partial charge on any atom is 0.159 e. The summed E-state index contributed by atoms with van der Waals surface area (Å²) in [5.74, 6) is -1.82. The lowest BCUT2D eigenvalue weighted by Gasteiger charge is -1.95. The van der Waals surface area contributed by atoms with Crippen molar-refractivity contribution in [2.75, 3.05) is 0 Å². The number of halogens is 2. The standard InChI is InChI=1S/C9H6F2N2OS/c10-6-2-1-5(3-7(6)11)9-13-12-8(4-14)15-9/h1-3,14H,4H2. The molecule has 2 rings (SSSR count). The summed E-state index contributed by atoms with van der Waals surface area (Å²) in [7, 11) is 0. The summed E-state index contributed by atoms with van der Waals surface area (Å²) in [5.41, 5.74) is 0.450. The quantitative estimate of drug-likeness (QED) is 0.854. The van der Waals surface area contributed by atoms with Crippen LogP contribution in [-0.2, 0) is 6.61 Å². The van der Waals surface area contributed by atoms with Crippen molar-refractivity contribution in [3.63, 3.8) is 0 Å². The van der Waals surface area contributed by atoms with Gasteiger partial charge in [-0.15, -0.1) is 10.2 Å². The van der Waals surface area contributed by atoms with Gasteiger partial charge in [0.2, 0.25) is 0 Å². The number of hydrogen-bond donors (Lipinski definition) is 1. The van der Waals surface area contributed by atoms with Gasteiger partial charge in [0.15, 0.2) is 11.6 Å². The van der Waals surface area contributed by atoms with Gasteiger partial charge in [-0.1, -0.05) is 11.3 Å². The van der Waals surface area contributed by atoms with Crippen molar-refractivity contribution in [3.8, 4) is 10.6 Å². The number of aromatic nitrogens is 2. The van der Waals surface area contributed by atoms with E-state index in [9.17, 15) is 8.78 Å². The van der Waals surface area contributed by atoms with Crippen LogP contribution in [0.1, 0.15) is 5.01 Å². The molecule has 0 aliphatic carbocycles. The maximum absolute atomic E-state index is 12.9. The monoisotopic (exact) mass is 228 g/mol. The van der Waals surface area contributed by atoms with Crippen LogP contribution >= 0.6 is 11.3 Å². The van der Waals surface area contributed by atoms with Gasteiger partial charge < -0.3 is 5.11 Å². The minimum Gasteiger partial charge on any atom is -0.389 e. The molecule has 1 heterocycles. The van der Waals surface area contributed by atoms with E-state index in [0.29, 0.717) is 15.6 Å². The fourth-order valence-corrected chi connectivity index (χ4v) is 1.76. The Morgan fingerprint density at radius 1 is 1.20 bits per heavy atom. The molecule has 0 spiro atoms. The Balaban J connectivity index is 2.40. The molecule has 1 N–H and O–H groups in total. The minimum absolute atomic E-state index is 0.207. The highest BCUT2D eigenvalue weighted by molar-refractivity contribution is 7.14. The average molecular weight is 228 g/mol. The second-order valence-corrected chi connectivity index (χ2v) is 3.85. The molecule has 0 saturated carbocycles. The maximum atomic E-state index is 12.9. The first-order valence-electron chi connectivity index (χ1n) is 4.09. The summed E-state index contributed by atoms with van der Waals surface area (Å²) in [6.07, 6.45) is 0. The molecular weight excluding hydrogens is 222 g/mol. The van der Waals surface area contributed by atoms with E-state index in [1.807, 2.05) is 0 Å². The highest BCUT2D eigenvalue weighted by Crippen LogP contribution is 2.24. The summed E-state index contributed by atoms with van der Waals surface area (Å²) in [6.45, 7) is -0.207. The number of aliphatic hydroxyl groups excluding tert-OH is 1. The number of rotatable bonds is 2. The molecule has 0 unspecified atom stereocenters. The molecule has 0 saturated heterocycles. The SMILES string of the molecule is OCc1nnc(-c2ccc(F)c(F)c2)s1. The van der Waals surface area contributed by atoms with Crippen molar-refractivity contribution < 1.29 is 13.9 Å². The Morgan fingerprint density at radius 3 is 2.60 bits per heavy atom. The molecule has 0 radical (unpaired) electrons. The molecule has 0 fully saturated rings. The fourth-order valence-electron chi connectivity index (χ4n) is 1.06. The molecule has 0 aliphatic rings. The van der Waals surface area contributed by atoms with E-state index >= 15 is 0 Å². The van der Waals surface area contributed by atoms with Gasteiger partial charge in [0, 0.05) is 5.56 Å². The van der Waals surface area contributed by atoms with Gasteiger partial charge in [-0.25, -0.2) is 8.78 Å². The van der Waals surface area contributed by atoms with Gasteiger partial charge >= 0.3 is 0 Å². The summed E-state index contributed by atoms with van der Waals surface area (Å²) >= 11 is 1.14. The molecule has 3 nitrogen and oxygen atoms in total. The first-order valence-corrected chi connectivity index (χ1v) is 4.91. The van der Waals surface area contributed by atoms with Crippen LogP contribution in [0.4, 0.5) is 8.78 Å². The van der Waals surface area contributed by atoms with Crippen LogP contribution in [0.3, 0.4) is 0 Å². The van der Waals surface area contributed by atoms with E-state index < -0.39 is 11.6 Å². The van der Waals surface area contributed by atoms with Crippen molar-refractivity contribution >= 4 is 11.3 Å². The Kier molecular flexibility index (Phi) is 2.70. The van der Waals surface area contributed by atoms with Crippen LogP contribution < -0.4 is 0 Å². The molecule has 0 aliphatic heterocycles. The fraction of sp³-hybridized carbons (Fsp3) is 0.111. The molecule has 6 heteroatoms. The second kappa shape index (κ2) is 4.00. The van der Waals surface area contributed by atoms with Gasteiger partial charge in [-0.2, -0.15) is 0 Å². The molecule has 1 aromatic carbocycles. The molecule has 0 bridgehead atoms. The molecular formula is C9H6F2N2OS. The van der Waals surface area contributed by atoms with Gasteiger partial charge in [0.05, 0.1) is 6.61 Å². The highest BCUT2D eigenvalue weighted by atomic mass is 32.1. The van der Waals surface area contributed by atoms with E-state index in [1.54, 1.807) is 0 Å². The predicted octanol–water partition coefficient (Wildman–Crippen LogP) is 1.98. The zero-order valence-corrected chi connectivity index (χ0v) is 8.26. The predicted molar refractivity (Wildman–Crippen MR) is 51.2 cm³/mol. The van der Waals surface area contributed by atoms with E-state index in [0.717, 1.165) is 23.5 Å². The van der Waals surface area contributed by atoms with E-state index in [4.69, 9.17) is 5.11 Å². The largest absolute Gasteiger partial charge is 0.389 e. The lowest BCUT2D eigenvalue weighted by Crippen LogP contribution is -1.84. The third-order valence-electron chi connectivity index (χ3n) is 1.77. The van der Waals surface area contributed by atoms with Crippen molar-refractivity contribution in [2.24, 2.45) is 0 Å². The van der Waals surface area contributed by atoms with Crippen LogP contribution in [0, 0.1) is 11.6 Å². The van der Waals surface area contributed by atoms with E-state index in [-0.39, 0.29) is 6.61 Å². The Morgan fingerprint density at radius 2 is 2.00 bits per heavy atom. The second-order valence-electron chi connectivity index (χ2n) is 2.79. The number of benzene rings is 1. The molecule has 1 aromatic heterocycles. The Hall–Kier alpha value is -1.40. The van der Waals surface area contributed by atoms with Crippen LogP contribution in [0.2, 0.25) is 0 Å². The third kappa shape index (κ3) is 2.00. The van der Waals surface area contributed by atoms with Gasteiger partial charge in [0.25, 0.3) is 0 Å². The first kappa shape index (κ1) is 10.1. The van der Waals surface area contributed by atoms with Crippen molar-refractivity contribution in [2.45, 2.75) is 6.61 Å². The van der Waals surface area contributed by atoms with E-state index in [1.165, 1.54) is 6.07 Å². The lowest BCUT2D eigenvalue weighted by atomic mass is 10.2. The summed E-state index contributed by atoms with van der Waals surface area (Å²) in [6, 6.07) is 3.50. The summed E-state index contributed by atoms with van der Waals surface area (Å²) in [4.78, 5) is 0. The Labute approximate surface area is 88.0 Å². The highest BCUT2D eigenvalue weighted by Gasteiger charge is 2.08. The van der Waals surface area contributed by atoms with Gasteiger partial charge in [0.1, 0.15) is 10.0 Å². The topological polar surface area (TPSA) is 46.0 Å². The van der Waals surface area contributed by atoms with Gasteiger partial charge in [-0.05, 0) is 18.2 Å². The van der Waals surface area contributed by atoms with Crippen LogP contribution in [0.25, 0.3) is 10.6 Å². The molecule has 78 valence electrons. The van der Waals surface area contributed by atoms with Gasteiger partial charge in [-0.3, -0.25) is 0 Å². The normalized spacial score (nSPS) is 10.6. The zero-order chi connectivity index (χ0) is 10.8. The van der Waals surface area contributed by atoms with Crippen molar-refractivity contribution in [1.29, 1.82) is 0 Å². The number of hydrogen-bond acceptors (Lipinski definition) is 4. The minimum atomic E-state index is -0.923. The zero-order valence-electron chi connectivity index (χ0n) is 7.44. The average Bonchev–Trinajstić information content (AvgIpc) is 2.70. The first-order chi connectivity index (χ1) is 7.20. The molecule has 0 amide bonds. The molecule has 0 atom stereocenters. The van der Waals surface area contributed by atoms with Crippen LogP contribution in [0.5, 0.6) is 0 Å². The summed E-state index contributed by atoms with van der Waals surface area (Å²) in [5, 5.41) is 17.1. The van der Waals surface area contributed by atoms with Crippen molar-refractivity contribution in [3.05, 3.63) is 34.8 Å². The summed E-state index contributed by atoms with van der Waals surface area (Å²) < 4.78 is 25.5. The smallest absolute Gasteiger partial charge is 0.159 e. The third-order valence-corrected chi connectivity index (χ3v) is 2.73. The van der Waals surface area contributed by atoms with Crippen molar-refractivity contribution in [1.82, 2.24) is 10.2 Å².